The van der Waals surface area contributed by atoms with Crippen molar-refractivity contribution in [3.63, 3.8) is 0 Å². The number of nitrogens with zero attached hydrogens (tertiary/aromatic N) is 1. The second kappa shape index (κ2) is 5.02. The van der Waals surface area contributed by atoms with Crippen LogP contribution in [0.1, 0.15) is 19.8 Å². The molecule has 3 heteroatoms. The molecule has 0 bridgehead atoms. The molecule has 1 rings (SSSR count). The molecule has 0 atom stereocenters. The Morgan fingerprint density at radius 3 is 2.77 bits per heavy atom. The Bertz CT molecular complexity index is 197. The molecule has 1 aliphatic heterocycles. The molecule has 0 aliphatic carbocycles. The minimum absolute atomic E-state index is 0.236. The number of hydrogen-bond acceptors (Lipinski definition) is 3. The third-order valence-electron chi connectivity index (χ3n) is 1.97. The molecule has 74 valence electrons. The molecular weight excluding hydrogens is 166 g/mol. The van der Waals surface area contributed by atoms with Crippen molar-refractivity contribution in [3.05, 3.63) is 12.2 Å². The second-order valence-corrected chi connectivity index (χ2v) is 3.37. The molecule has 0 amide bonds. The van der Waals surface area contributed by atoms with Crippen LogP contribution in [0.25, 0.3) is 0 Å². The highest BCUT2D eigenvalue weighted by atomic mass is 16.5. The SMILES string of the molecule is C=C(CN1CC1)C(=O)OCCCC. The van der Waals surface area contributed by atoms with Crippen LogP contribution in [0.5, 0.6) is 0 Å². The highest BCUT2D eigenvalue weighted by Crippen LogP contribution is 2.08. The molecule has 0 aromatic rings. The van der Waals surface area contributed by atoms with E-state index in [1.807, 2.05) is 0 Å². The fourth-order valence-electron chi connectivity index (χ4n) is 0.975. The van der Waals surface area contributed by atoms with Gasteiger partial charge in [-0.1, -0.05) is 19.9 Å². The lowest BCUT2D eigenvalue weighted by atomic mass is 10.3. The van der Waals surface area contributed by atoms with Crippen molar-refractivity contribution in [3.8, 4) is 0 Å². The maximum Gasteiger partial charge on any atom is 0.334 e. The Balaban J connectivity index is 2.09. The van der Waals surface area contributed by atoms with E-state index in [4.69, 9.17) is 4.74 Å². The number of rotatable bonds is 6. The van der Waals surface area contributed by atoms with Gasteiger partial charge in [-0.3, -0.25) is 4.90 Å². The molecule has 0 saturated carbocycles. The van der Waals surface area contributed by atoms with Crippen LogP contribution < -0.4 is 0 Å². The van der Waals surface area contributed by atoms with Crippen LogP contribution in [-0.4, -0.2) is 37.1 Å². The predicted octanol–water partition coefficient (Wildman–Crippen LogP) is 1.20. The normalized spacial score (nSPS) is 15.5. The molecule has 0 aromatic carbocycles. The maximum absolute atomic E-state index is 11.2. The van der Waals surface area contributed by atoms with Gasteiger partial charge in [0, 0.05) is 25.2 Å². The molecule has 1 aliphatic rings. The maximum atomic E-state index is 11.2. The van der Waals surface area contributed by atoms with Crippen molar-refractivity contribution >= 4 is 5.97 Å². The van der Waals surface area contributed by atoms with Crippen LogP contribution in [0.4, 0.5) is 0 Å². The van der Waals surface area contributed by atoms with E-state index < -0.39 is 0 Å². The van der Waals surface area contributed by atoms with E-state index in [2.05, 4.69) is 18.4 Å². The quantitative estimate of drug-likeness (QED) is 0.268. The summed E-state index contributed by atoms with van der Waals surface area (Å²) in [6, 6.07) is 0. The van der Waals surface area contributed by atoms with Gasteiger partial charge < -0.3 is 4.74 Å². The van der Waals surface area contributed by atoms with E-state index in [0.29, 0.717) is 18.7 Å². The summed E-state index contributed by atoms with van der Waals surface area (Å²) in [6.45, 7) is 9.13. The molecule has 1 fully saturated rings. The summed E-state index contributed by atoms with van der Waals surface area (Å²) >= 11 is 0. The van der Waals surface area contributed by atoms with Crippen LogP contribution in [0.15, 0.2) is 12.2 Å². The van der Waals surface area contributed by atoms with Gasteiger partial charge in [0.2, 0.25) is 0 Å². The van der Waals surface area contributed by atoms with Crippen molar-refractivity contribution in [1.82, 2.24) is 4.90 Å². The predicted molar refractivity (Wildman–Crippen MR) is 51.4 cm³/mol. The topological polar surface area (TPSA) is 29.3 Å². The Hall–Kier alpha value is -0.830. The zero-order valence-electron chi connectivity index (χ0n) is 8.21. The van der Waals surface area contributed by atoms with Gasteiger partial charge in [0.25, 0.3) is 0 Å². The lowest BCUT2D eigenvalue weighted by Crippen LogP contribution is -2.14. The standard InChI is InChI=1S/C10H17NO2/c1-3-4-7-13-10(12)9(2)8-11-5-6-11/h2-8H2,1H3. The Kier molecular flexibility index (Phi) is 3.96. The van der Waals surface area contributed by atoms with Crippen LogP contribution in [0.3, 0.4) is 0 Å². The first-order valence-corrected chi connectivity index (χ1v) is 4.81. The number of esters is 1. The van der Waals surface area contributed by atoms with Crippen LogP contribution >= 0.6 is 0 Å². The van der Waals surface area contributed by atoms with Gasteiger partial charge in [0.15, 0.2) is 0 Å². The molecule has 1 heterocycles. The average Bonchev–Trinajstić information content (AvgIpc) is 2.88. The summed E-state index contributed by atoms with van der Waals surface area (Å²) in [5.41, 5.74) is 0.577. The van der Waals surface area contributed by atoms with E-state index in [9.17, 15) is 4.79 Å². The third-order valence-corrected chi connectivity index (χ3v) is 1.97. The van der Waals surface area contributed by atoms with Crippen molar-refractivity contribution in [1.29, 1.82) is 0 Å². The van der Waals surface area contributed by atoms with Gasteiger partial charge >= 0.3 is 5.97 Å². The van der Waals surface area contributed by atoms with Crippen molar-refractivity contribution in [2.75, 3.05) is 26.2 Å². The molecule has 13 heavy (non-hydrogen) atoms. The fraction of sp³-hybridized carbons (Fsp3) is 0.700. The third kappa shape index (κ3) is 4.08. The average molecular weight is 183 g/mol. The largest absolute Gasteiger partial charge is 0.462 e. The first kappa shape index (κ1) is 10.3. The monoisotopic (exact) mass is 183 g/mol. The minimum atomic E-state index is -0.236. The van der Waals surface area contributed by atoms with Crippen LogP contribution in [-0.2, 0) is 9.53 Å². The summed E-state index contributed by atoms with van der Waals surface area (Å²) in [6.07, 6.45) is 1.98. The molecule has 0 aromatic heterocycles. The van der Waals surface area contributed by atoms with Crippen LogP contribution in [0, 0.1) is 0 Å². The zero-order chi connectivity index (χ0) is 9.68. The van der Waals surface area contributed by atoms with Gasteiger partial charge in [-0.05, 0) is 6.42 Å². The first-order chi connectivity index (χ1) is 6.24. The van der Waals surface area contributed by atoms with Gasteiger partial charge in [-0.2, -0.15) is 0 Å². The summed E-state index contributed by atoms with van der Waals surface area (Å²) in [5.74, 6) is -0.236. The summed E-state index contributed by atoms with van der Waals surface area (Å²) in [4.78, 5) is 13.4. The van der Waals surface area contributed by atoms with E-state index in [0.717, 1.165) is 25.9 Å². The van der Waals surface area contributed by atoms with Gasteiger partial charge in [0.1, 0.15) is 0 Å². The van der Waals surface area contributed by atoms with Crippen LogP contribution in [0.2, 0.25) is 0 Å². The molecule has 0 spiro atoms. The number of hydrogen-bond donors (Lipinski definition) is 0. The number of carbonyl (C=O) groups excluding carboxylic acids is 1. The second-order valence-electron chi connectivity index (χ2n) is 3.37. The van der Waals surface area contributed by atoms with Gasteiger partial charge in [-0.25, -0.2) is 4.79 Å². The summed E-state index contributed by atoms with van der Waals surface area (Å²) < 4.78 is 5.01. The minimum Gasteiger partial charge on any atom is -0.462 e. The number of ether oxygens (including phenoxy) is 1. The summed E-state index contributed by atoms with van der Waals surface area (Å²) in [5, 5.41) is 0. The van der Waals surface area contributed by atoms with Gasteiger partial charge in [-0.15, -0.1) is 0 Å². The smallest absolute Gasteiger partial charge is 0.334 e. The molecule has 3 nitrogen and oxygen atoms in total. The van der Waals surface area contributed by atoms with E-state index >= 15 is 0 Å². The van der Waals surface area contributed by atoms with E-state index in [1.54, 1.807) is 0 Å². The lowest BCUT2D eigenvalue weighted by molar-refractivity contribution is -0.139. The van der Waals surface area contributed by atoms with Crippen molar-refractivity contribution in [2.24, 2.45) is 0 Å². The molecule has 0 unspecified atom stereocenters. The molecule has 0 N–H and O–H groups in total. The van der Waals surface area contributed by atoms with Gasteiger partial charge in [0.05, 0.1) is 6.61 Å². The lowest BCUT2D eigenvalue weighted by Gasteiger charge is -2.06. The Labute approximate surface area is 79.4 Å². The zero-order valence-corrected chi connectivity index (χ0v) is 8.21. The summed E-state index contributed by atoms with van der Waals surface area (Å²) in [7, 11) is 0. The molecule has 0 radical (unpaired) electrons. The highest BCUT2D eigenvalue weighted by molar-refractivity contribution is 5.88. The van der Waals surface area contributed by atoms with E-state index in [1.165, 1.54) is 0 Å². The van der Waals surface area contributed by atoms with E-state index in [-0.39, 0.29) is 5.97 Å². The number of unbranched alkanes of at least 4 members (excludes halogenated alkanes) is 1. The Morgan fingerprint density at radius 1 is 1.54 bits per heavy atom. The highest BCUT2D eigenvalue weighted by Gasteiger charge is 2.20. The van der Waals surface area contributed by atoms with Crippen molar-refractivity contribution in [2.45, 2.75) is 19.8 Å². The van der Waals surface area contributed by atoms with Crippen molar-refractivity contribution < 1.29 is 9.53 Å². The fourth-order valence-corrected chi connectivity index (χ4v) is 0.975. The molecular formula is C10H17NO2. The first-order valence-electron chi connectivity index (χ1n) is 4.81. The number of carbonyl (C=O) groups is 1. The Morgan fingerprint density at radius 2 is 2.23 bits per heavy atom. The molecule has 1 saturated heterocycles.